The SMILES string of the molecule is CCOC(=O)c1c(NC(=O)[C@H]2C[C@@H]2c2ccccc2)sc2c1CCC2. The molecule has 0 unspecified atom stereocenters. The minimum absolute atomic E-state index is 0.00520. The Labute approximate surface area is 151 Å². The molecule has 4 rings (SSSR count). The van der Waals surface area contributed by atoms with E-state index in [0.29, 0.717) is 23.1 Å². The quantitative estimate of drug-likeness (QED) is 0.820. The lowest BCUT2D eigenvalue weighted by Crippen LogP contribution is -2.17. The Morgan fingerprint density at radius 1 is 1.24 bits per heavy atom. The number of ether oxygens (including phenoxy) is 1. The second-order valence-corrected chi connectivity index (χ2v) is 7.74. The number of rotatable bonds is 5. The number of aryl methyl sites for hydroxylation is 1. The molecule has 2 aliphatic rings. The van der Waals surface area contributed by atoms with Gasteiger partial charge < -0.3 is 10.1 Å². The Morgan fingerprint density at radius 3 is 2.80 bits per heavy atom. The fourth-order valence-corrected chi connectivity index (χ4v) is 4.95. The highest BCUT2D eigenvalue weighted by atomic mass is 32.1. The molecule has 0 saturated heterocycles. The van der Waals surface area contributed by atoms with Crippen molar-refractivity contribution in [2.45, 2.75) is 38.5 Å². The first-order valence-electron chi connectivity index (χ1n) is 8.86. The fourth-order valence-electron chi connectivity index (χ4n) is 3.67. The van der Waals surface area contributed by atoms with Crippen molar-refractivity contribution >= 4 is 28.2 Å². The summed E-state index contributed by atoms with van der Waals surface area (Å²) in [6.07, 6.45) is 3.82. The van der Waals surface area contributed by atoms with Gasteiger partial charge in [0.25, 0.3) is 0 Å². The summed E-state index contributed by atoms with van der Waals surface area (Å²) in [5, 5.41) is 3.69. The predicted molar refractivity (Wildman–Crippen MR) is 98.2 cm³/mol. The van der Waals surface area contributed by atoms with Crippen molar-refractivity contribution in [1.82, 2.24) is 0 Å². The van der Waals surface area contributed by atoms with E-state index in [2.05, 4.69) is 17.4 Å². The summed E-state index contributed by atoms with van der Waals surface area (Å²) in [5.74, 6) is -0.0135. The number of thiophene rings is 1. The fraction of sp³-hybridized carbons (Fsp3) is 0.400. The van der Waals surface area contributed by atoms with E-state index in [1.54, 1.807) is 18.3 Å². The number of nitrogens with one attached hydrogen (secondary N) is 1. The van der Waals surface area contributed by atoms with Gasteiger partial charge in [-0.3, -0.25) is 4.79 Å². The Hall–Kier alpha value is -2.14. The van der Waals surface area contributed by atoms with Gasteiger partial charge in [0.15, 0.2) is 0 Å². The van der Waals surface area contributed by atoms with Crippen LogP contribution in [-0.2, 0) is 22.4 Å². The second kappa shape index (κ2) is 6.64. The molecule has 1 amide bonds. The Bertz CT molecular complexity index is 812. The molecule has 1 aromatic heterocycles. The zero-order chi connectivity index (χ0) is 17.4. The third-order valence-electron chi connectivity index (χ3n) is 4.99. The van der Waals surface area contributed by atoms with Crippen molar-refractivity contribution in [3.63, 3.8) is 0 Å². The molecule has 130 valence electrons. The Balaban J connectivity index is 1.52. The van der Waals surface area contributed by atoms with Gasteiger partial charge in [-0.15, -0.1) is 11.3 Å². The molecule has 0 radical (unpaired) electrons. The van der Waals surface area contributed by atoms with E-state index in [0.717, 1.165) is 31.2 Å². The molecule has 0 spiro atoms. The van der Waals surface area contributed by atoms with Crippen molar-refractivity contribution in [2.75, 3.05) is 11.9 Å². The van der Waals surface area contributed by atoms with E-state index in [9.17, 15) is 9.59 Å². The normalized spacial score (nSPS) is 20.8. The average Bonchev–Trinajstić information content (AvgIpc) is 3.18. The van der Waals surface area contributed by atoms with Crippen LogP contribution in [0.2, 0.25) is 0 Å². The molecule has 0 aliphatic heterocycles. The van der Waals surface area contributed by atoms with Crippen molar-refractivity contribution in [2.24, 2.45) is 5.92 Å². The number of hydrogen-bond donors (Lipinski definition) is 1. The van der Waals surface area contributed by atoms with Crippen LogP contribution >= 0.6 is 11.3 Å². The standard InChI is InChI=1S/C20H21NO3S/c1-2-24-20(23)17-13-9-6-10-16(13)25-19(17)21-18(22)15-11-14(15)12-7-4-3-5-8-12/h3-5,7-8,14-15H,2,6,9-11H2,1H3,(H,21,22)/t14-,15+/m1/s1. The predicted octanol–water partition coefficient (Wildman–Crippen LogP) is 4.16. The van der Waals surface area contributed by atoms with Crippen molar-refractivity contribution in [1.29, 1.82) is 0 Å². The van der Waals surface area contributed by atoms with Crippen LogP contribution in [0, 0.1) is 5.92 Å². The molecule has 2 atom stereocenters. The van der Waals surface area contributed by atoms with Crippen LogP contribution in [-0.4, -0.2) is 18.5 Å². The molecular formula is C20H21NO3S. The number of carbonyl (C=O) groups excluding carboxylic acids is 2. The molecule has 25 heavy (non-hydrogen) atoms. The van der Waals surface area contributed by atoms with Gasteiger partial charge in [0.05, 0.1) is 12.2 Å². The lowest BCUT2D eigenvalue weighted by molar-refractivity contribution is -0.117. The summed E-state index contributed by atoms with van der Waals surface area (Å²) in [5.41, 5.74) is 2.88. The first-order valence-corrected chi connectivity index (χ1v) is 9.68. The Kier molecular flexibility index (Phi) is 4.34. The summed E-state index contributed by atoms with van der Waals surface area (Å²) in [6, 6.07) is 10.1. The van der Waals surface area contributed by atoms with Crippen LogP contribution in [0.3, 0.4) is 0 Å². The number of carbonyl (C=O) groups is 2. The van der Waals surface area contributed by atoms with E-state index < -0.39 is 0 Å². The van der Waals surface area contributed by atoms with E-state index in [1.807, 2.05) is 18.2 Å². The monoisotopic (exact) mass is 355 g/mol. The molecule has 1 saturated carbocycles. The van der Waals surface area contributed by atoms with Gasteiger partial charge in [-0.2, -0.15) is 0 Å². The zero-order valence-corrected chi connectivity index (χ0v) is 15.0. The zero-order valence-electron chi connectivity index (χ0n) is 14.2. The van der Waals surface area contributed by atoms with Gasteiger partial charge in [0.1, 0.15) is 5.00 Å². The molecular weight excluding hydrogens is 334 g/mol. The maximum Gasteiger partial charge on any atom is 0.341 e. The molecule has 1 fully saturated rings. The van der Waals surface area contributed by atoms with Crippen LogP contribution < -0.4 is 5.32 Å². The van der Waals surface area contributed by atoms with E-state index in [-0.39, 0.29) is 17.8 Å². The molecule has 1 aromatic carbocycles. The number of fused-ring (bicyclic) bond motifs is 1. The number of benzene rings is 1. The van der Waals surface area contributed by atoms with Gasteiger partial charge in [-0.25, -0.2) is 4.79 Å². The van der Waals surface area contributed by atoms with Gasteiger partial charge in [0, 0.05) is 10.8 Å². The first-order chi connectivity index (χ1) is 12.2. The summed E-state index contributed by atoms with van der Waals surface area (Å²) < 4.78 is 5.22. The average molecular weight is 355 g/mol. The molecule has 1 N–H and O–H groups in total. The molecule has 4 nitrogen and oxygen atoms in total. The summed E-state index contributed by atoms with van der Waals surface area (Å²) in [6.45, 7) is 2.15. The lowest BCUT2D eigenvalue weighted by Gasteiger charge is -2.08. The van der Waals surface area contributed by atoms with E-state index in [4.69, 9.17) is 4.74 Å². The second-order valence-electron chi connectivity index (χ2n) is 6.63. The van der Waals surface area contributed by atoms with Crippen molar-refractivity contribution in [3.05, 3.63) is 51.9 Å². The van der Waals surface area contributed by atoms with E-state index >= 15 is 0 Å². The Morgan fingerprint density at radius 2 is 2.04 bits per heavy atom. The van der Waals surface area contributed by atoms with Crippen LogP contribution in [0.5, 0.6) is 0 Å². The minimum Gasteiger partial charge on any atom is -0.462 e. The van der Waals surface area contributed by atoms with Crippen molar-refractivity contribution in [3.8, 4) is 0 Å². The van der Waals surface area contributed by atoms with Crippen LogP contribution in [0.1, 0.15) is 52.0 Å². The van der Waals surface area contributed by atoms with Crippen LogP contribution in [0.25, 0.3) is 0 Å². The topological polar surface area (TPSA) is 55.4 Å². The highest BCUT2D eigenvalue weighted by molar-refractivity contribution is 7.17. The molecule has 0 bridgehead atoms. The highest BCUT2D eigenvalue weighted by Crippen LogP contribution is 2.48. The van der Waals surface area contributed by atoms with E-state index in [1.165, 1.54) is 10.4 Å². The number of amides is 1. The maximum absolute atomic E-state index is 12.7. The largest absolute Gasteiger partial charge is 0.462 e. The molecule has 1 heterocycles. The van der Waals surface area contributed by atoms with Crippen molar-refractivity contribution < 1.29 is 14.3 Å². The lowest BCUT2D eigenvalue weighted by atomic mass is 10.1. The summed E-state index contributed by atoms with van der Waals surface area (Å²) in [4.78, 5) is 26.3. The third-order valence-corrected chi connectivity index (χ3v) is 6.20. The molecule has 2 aliphatic carbocycles. The number of esters is 1. The van der Waals surface area contributed by atoms with Gasteiger partial charge >= 0.3 is 5.97 Å². The van der Waals surface area contributed by atoms with Gasteiger partial charge in [0.2, 0.25) is 5.91 Å². The number of hydrogen-bond acceptors (Lipinski definition) is 4. The summed E-state index contributed by atoms with van der Waals surface area (Å²) >= 11 is 1.54. The summed E-state index contributed by atoms with van der Waals surface area (Å²) in [7, 11) is 0. The van der Waals surface area contributed by atoms with Gasteiger partial charge in [-0.1, -0.05) is 30.3 Å². The highest BCUT2D eigenvalue weighted by Gasteiger charge is 2.44. The molecule has 5 heteroatoms. The smallest absolute Gasteiger partial charge is 0.341 e. The minimum atomic E-state index is -0.312. The van der Waals surface area contributed by atoms with Crippen LogP contribution in [0.15, 0.2) is 30.3 Å². The maximum atomic E-state index is 12.7. The number of anilines is 1. The molecule has 2 aromatic rings. The van der Waals surface area contributed by atoms with Crippen LogP contribution in [0.4, 0.5) is 5.00 Å². The first kappa shape index (κ1) is 16.3. The third kappa shape index (κ3) is 3.09. The van der Waals surface area contributed by atoms with Gasteiger partial charge in [-0.05, 0) is 49.7 Å².